The first-order chi connectivity index (χ1) is 18.9. The fraction of sp³-hybridized carbons (Fsp3) is 0.308. The van der Waals surface area contributed by atoms with Gasteiger partial charge < -0.3 is 5.32 Å². The monoisotopic (exact) mass is 716 g/mol. The Morgan fingerprint density at radius 2 is 1.46 bits per heavy atom. The number of nitrogens with zero attached hydrogens (tertiary/aromatic N) is 7. The van der Waals surface area contributed by atoms with Gasteiger partial charge in [-0.2, -0.15) is 10.5 Å². The molecular formula is C26H23Br3N8O2. The Morgan fingerprint density at radius 1 is 0.897 bits per heavy atom. The van der Waals surface area contributed by atoms with Gasteiger partial charge in [0, 0.05) is 60.4 Å². The third kappa shape index (κ3) is 6.80. The van der Waals surface area contributed by atoms with Gasteiger partial charge in [-0.3, -0.25) is 23.3 Å². The normalized spacial score (nSPS) is 14.1. The van der Waals surface area contributed by atoms with Gasteiger partial charge in [0.05, 0.1) is 46.5 Å². The van der Waals surface area contributed by atoms with Gasteiger partial charge >= 0.3 is 0 Å². The van der Waals surface area contributed by atoms with Crippen LogP contribution >= 0.6 is 47.8 Å². The van der Waals surface area contributed by atoms with E-state index in [1.165, 1.54) is 0 Å². The van der Waals surface area contributed by atoms with E-state index in [0.29, 0.717) is 41.8 Å². The number of pyridine rings is 2. The van der Waals surface area contributed by atoms with Crippen molar-refractivity contribution in [3.63, 3.8) is 0 Å². The molecule has 13 heteroatoms. The van der Waals surface area contributed by atoms with Crippen LogP contribution in [0.4, 0.5) is 0 Å². The van der Waals surface area contributed by atoms with E-state index in [9.17, 15) is 9.59 Å². The summed E-state index contributed by atoms with van der Waals surface area (Å²) in [5.74, 6) is 0. The molecule has 4 aromatic heterocycles. The van der Waals surface area contributed by atoms with Crippen LogP contribution in [0.2, 0.25) is 0 Å². The summed E-state index contributed by atoms with van der Waals surface area (Å²) in [7, 11) is 0. The highest BCUT2D eigenvalue weighted by Crippen LogP contribution is 2.17. The molecule has 0 saturated carbocycles. The van der Waals surface area contributed by atoms with E-state index in [2.05, 4.69) is 69.1 Å². The Kier molecular flexibility index (Phi) is 9.99. The molecule has 10 nitrogen and oxygen atoms in total. The molecule has 0 unspecified atom stereocenters. The maximum Gasteiger partial charge on any atom is 0.262 e. The van der Waals surface area contributed by atoms with Gasteiger partial charge in [0.25, 0.3) is 11.1 Å². The predicted molar refractivity (Wildman–Crippen MR) is 158 cm³/mol. The largest absolute Gasteiger partial charge is 0.312 e. The molecule has 0 atom stereocenters. The van der Waals surface area contributed by atoms with Crippen molar-refractivity contribution >= 4 is 59.1 Å². The molecule has 2 aliphatic heterocycles. The van der Waals surface area contributed by atoms with Gasteiger partial charge in [-0.25, -0.2) is 9.97 Å². The molecule has 200 valence electrons. The lowest BCUT2D eigenvalue weighted by Crippen LogP contribution is -2.36. The van der Waals surface area contributed by atoms with Crippen LogP contribution in [0.3, 0.4) is 0 Å². The first kappa shape index (κ1) is 29.1. The van der Waals surface area contributed by atoms with Gasteiger partial charge in [-0.15, -0.1) is 0 Å². The van der Waals surface area contributed by atoms with Crippen LogP contribution in [-0.2, 0) is 25.9 Å². The van der Waals surface area contributed by atoms with Gasteiger partial charge in [-0.05, 0) is 24.3 Å². The Morgan fingerprint density at radius 3 is 2.03 bits per heavy atom. The number of hydrogen-bond donors (Lipinski definition) is 1. The van der Waals surface area contributed by atoms with E-state index < -0.39 is 0 Å². The molecule has 0 fully saturated rings. The minimum atomic E-state index is -0.0323. The zero-order valence-electron chi connectivity index (χ0n) is 20.7. The quantitative estimate of drug-likeness (QED) is 0.234. The molecule has 0 aromatic carbocycles. The molecule has 6 rings (SSSR count). The van der Waals surface area contributed by atoms with Crippen molar-refractivity contribution in [2.24, 2.45) is 0 Å². The van der Waals surface area contributed by atoms with Crippen LogP contribution in [0.25, 0.3) is 11.3 Å². The molecule has 1 N–H and O–H groups in total. The first-order valence-corrected chi connectivity index (χ1v) is 14.7. The molecule has 2 aliphatic rings. The topological polar surface area (TPSA) is 132 Å². The van der Waals surface area contributed by atoms with Gasteiger partial charge in [0.15, 0.2) is 0 Å². The maximum atomic E-state index is 12.4. The highest BCUT2D eigenvalue weighted by molar-refractivity contribution is 9.10. The minimum absolute atomic E-state index is 0.0323. The van der Waals surface area contributed by atoms with Crippen molar-refractivity contribution in [2.45, 2.75) is 25.9 Å². The summed E-state index contributed by atoms with van der Waals surface area (Å²) >= 11 is 9.66. The predicted octanol–water partition coefficient (Wildman–Crippen LogP) is 3.35. The second-order valence-electron chi connectivity index (χ2n) is 8.67. The van der Waals surface area contributed by atoms with Crippen molar-refractivity contribution in [3.8, 4) is 12.1 Å². The van der Waals surface area contributed by atoms with Crippen LogP contribution in [0.1, 0.15) is 22.5 Å². The number of fused-ring (bicyclic) bond motifs is 4. The summed E-state index contributed by atoms with van der Waals surface area (Å²) in [6, 6.07) is 11.3. The summed E-state index contributed by atoms with van der Waals surface area (Å²) in [5, 5.41) is 20.0. The van der Waals surface area contributed by atoms with E-state index in [4.69, 9.17) is 10.5 Å². The van der Waals surface area contributed by atoms with E-state index >= 15 is 0 Å². The van der Waals surface area contributed by atoms with Crippen LogP contribution in [0.15, 0.2) is 55.2 Å². The number of nitriles is 2. The third-order valence-electron chi connectivity index (χ3n) is 6.18. The van der Waals surface area contributed by atoms with Crippen LogP contribution in [0, 0.1) is 22.7 Å². The Balaban J connectivity index is 0.000000161. The highest BCUT2D eigenvalue weighted by atomic mass is 79.9. The Bertz CT molecular complexity index is 1720. The van der Waals surface area contributed by atoms with Crippen molar-refractivity contribution < 1.29 is 0 Å². The smallest absolute Gasteiger partial charge is 0.262 e. The van der Waals surface area contributed by atoms with Crippen molar-refractivity contribution in [3.05, 3.63) is 88.8 Å². The van der Waals surface area contributed by atoms with Crippen molar-refractivity contribution in [2.75, 3.05) is 25.0 Å². The lowest BCUT2D eigenvalue weighted by Gasteiger charge is -2.25. The number of aromatic nitrogens is 4. The summed E-state index contributed by atoms with van der Waals surface area (Å²) in [5.41, 5.74) is 4.67. The van der Waals surface area contributed by atoms with Gasteiger partial charge in [0.1, 0.15) is 11.3 Å². The van der Waals surface area contributed by atoms with E-state index in [1.807, 2.05) is 35.2 Å². The van der Waals surface area contributed by atoms with Gasteiger partial charge in [0.2, 0.25) is 0 Å². The number of hydrogen-bond acceptors (Lipinski definition) is 8. The molecular weight excluding hydrogens is 696 g/mol. The van der Waals surface area contributed by atoms with E-state index in [1.54, 1.807) is 21.2 Å². The summed E-state index contributed by atoms with van der Waals surface area (Å²) in [4.78, 5) is 35.6. The summed E-state index contributed by atoms with van der Waals surface area (Å²) in [6.45, 7) is 3.15. The number of rotatable bonds is 1. The minimum Gasteiger partial charge on any atom is -0.312 e. The molecule has 39 heavy (non-hydrogen) atoms. The average Bonchev–Trinajstić information content (AvgIpc) is 2.94. The van der Waals surface area contributed by atoms with Crippen LogP contribution in [-0.4, -0.2) is 48.6 Å². The lowest BCUT2D eigenvalue weighted by molar-refractivity contribution is 0.280. The van der Waals surface area contributed by atoms with Crippen molar-refractivity contribution in [1.82, 2.24) is 29.0 Å². The van der Waals surface area contributed by atoms with Crippen molar-refractivity contribution in [1.29, 1.82) is 10.5 Å². The zero-order valence-corrected chi connectivity index (χ0v) is 25.5. The second-order valence-corrected chi connectivity index (χ2v) is 11.1. The molecule has 4 aromatic rings. The molecule has 0 saturated heterocycles. The number of nitrogens with one attached hydrogen (secondary N) is 1. The number of alkyl halides is 1. The number of halogens is 3. The summed E-state index contributed by atoms with van der Waals surface area (Å²) in [6.07, 6.45) is 5.02. The van der Waals surface area contributed by atoms with E-state index in [-0.39, 0.29) is 11.1 Å². The maximum absolute atomic E-state index is 12.4. The highest BCUT2D eigenvalue weighted by Gasteiger charge is 2.21. The second kappa shape index (κ2) is 13.4. The molecule has 0 aliphatic carbocycles. The lowest BCUT2D eigenvalue weighted by atomic mass is 10.1. The fourth-order valence-electron chi connectivity index (χ4n) is 4.36. The molecule has 0 amide bonds. The van der Waals surface area contributed by atoms with Crippen LogP contribution in [0.5, 0.6) is 0 Å². The standard InChI is InChI=1S/C13H11BrN4O.C11H10BrN3O.C2H2BrN/c14-9-1-5-18-12(7-9)16-11-2-4-17(6-3-15)8-10(11)13(18)19;12-7-2-4-15-10(5-7)14-9-1-3-13-6-8(9)11(15)16;3-1-2-4/h1,5,7H,2,4,6,8H2;2,4-5,13H,1,3,6H2;1H2. The molecule has 0 bridgehead atoms. The van der Waals surface area contributed by atoms with E-state index in [0.717, 1.165) is 51.8 Å². The first-order valence-electron chi connectivity index (χ1n) is 12.0. The molecule has 0 radical (unpaired) electrons. The van der Waals surface area contributed by atoms with Gasteiger partial charge in [-0.1, -0.05) is 47.8 Å². The average molecular weight is 719 g/mol. The fourth-order valence-corrected chi connectivity index (χ4v) is 5.01. The summed E-state index contributed by atoms with van der Waals surface area (Å²) < 4.78 is 4.99. The van der Waals surface area contributed by atoms with Crippen LogP contribution < -0.4 is 16.4 Å². The molecule has 6 heterocycles. The zero-order chi connectivity index (χ0) is 27.9. The Labute approximate surface area is 249 Å². The third-order valence-corrected chi connectivity index (χ3v) is 7.42. The Hall–Kier alpha value is -2.94. The molecule has 0 spiro atoms. The SMILES string of the molecule is N#CCBr.N#CCN1CCc2nc3cc(Br)ccn3c(=O)c2C1.O=c1c2c(nc3cc(Br)ccn13)CCNC2.